The highest BCUT2D eigenvalue weighted by Gasteiger charge is 2.32. The second kappa shape index (κ2) is 9.31. The van der Waals surface area contributed by atoms with E-state index in [0.717, 1.165) is 61.9 Å². The Balaban J connectivity index is 1.27. The summed E-state index contributed by atoms with van der Waals surface area (Å²) in [6, 6.07) is 1.09. The molecule has 1 saturated heterocycles. The fraction of sp³-hybridized carbons (Fsp3) is 0.640. The van der Waals surface area contributed by atoms with Crippen LogP contribution in [0.4, 0.5) is 17.5 Å². The fourth-order valence-corrected chi connectivity index (χ4v) is 6.74. The van der Waals surface area contributed by atoms with Crippen molar-refractivity contribution in [3.8, 4) is 0 Å². The molecule has 0 bridgehead atoms. The highest BCUT2D eigenvalue weighted by Crippen LogP contribution is 2.42. The summed E-state index contributed by atoms with van der Waals surface area (Å²) in [5, 5.41) is 12.6. The van der Waals surface area contributed by atoms with Crippen LogP contribution >= 0.6 is 11.3 Å². The molecule has 35 heavy (non-hydrogen) atoms. The van der Waals surface area contributed by atoms with Crippen LogP contribution in [0.1, 0.15) is 50.0 Å². The first-order valence-electron chi connectivity index (χ1n) is 12.7. The van der Waals surface area contributed by atoms with Crippen molar-refractivity contribution in [3.05, 3.63) is 22.8 Å². The molecule has 1 aliphatic carbocycles. The summed E-state index contributed by atoms with van der Waals surface area (Å²) < 4.78 is 13.4. The highest BCUT2D eigenvalue weighted by molar-refractivity contribution is 7.19. The number of anilines is 3. The molecule has 1 saturated carbocycles. The van der Waals surface area contributed by atoms with E-state index < -0.39 is 0 Å². The first-order valence-corrected chi connectivity index (χ1v) is 13.6. The number of nitrogens with zero attached hydrogens (tertiary/aromatic N) is 5. The van der Waals surface area contributed by atoms with E-state index in [1.165, 1.54) is 28.7 Å². The third-order valence-electron chi connectivity index (χ3n) is 7.49. The summed E-state index contributed by atoms with van der Waals surface area (Å²) in [6.07, 6.45) is 9.34. The van der Waals surface area contributed by atoms with Crippen molar-refractivity contribution in [2.24, 2.45) is 7.05 Å². The highest BCUT2D eigenvalue weighted by atomic mass is 32.1. The fourth-order valence-electron chi connectivity index (χ4n) is 5.64. The van der Waals surface area contributed by atoms with Crippen molar-refractivity contribution in [1.82, 2.24) is 24.6 Å². The largest absolute Gasteiger partial charge is 0.379 e. The molecule has 0 atom stereocenters. The van der Waals surface area contributed by atoms with Crippen LogP contribution in [0.5, 0.6) is 0 Å². The van der Waals surface area contributed by atoms with Gasteiger partial charge in [-0.1, -0.05) is 0 Å². The van der Waals surface area contributed by atoms with Gasteiger partial charge >= 0.3 is 0 Å². The Labute approximate surface area is 210 Å². The third-order valence-corrected chi connectivity index (χ3v) is 8.59. The number of nitrogens with one attached hydrogen (secondary N) is 2. The average molecular weight is 498 g/mol. The van der Waals surface area contributed by atoms with Crippen molar-refractivity contribution in [2.45, 2.75) is 70.2 Å². The van der Waals surface area contributed by atoms with Gasteiger partial charge < -0.3 is 20.1 Å². The lowest BCUT2D eigenvalue weighted by Crippen LogP contribution is -2.46. The van der Waals surface area contributed by atoms with Gasteiger partial charge in [0.05, 0.1) is 42.7 Å². The van der Waals surface area contributed by atoms with E-state index in [0.29, 0.717) is 24.6 Å². The van der Waals surface area contributed by atoms with Crippen LogP contribution in [0.25, 0.3) is 10.2 Å². The molecule has 0 aromatic carbocycles. The minimum atomic E-state index is -0.179. The lowest BCUT2D eigenvalue weighted by atomic mass is 9.89. The van der Waals surface area contributed by atoms with Gasteiger partial charge in [0, 0.05) is 49.7 Å². The molecule has 2 N–H and O–H groups in total. The number of thiophene rings is 1. The van der Waals surface area contributed by atoms with Crippen LogP contribution in [0.2, 0.25) is 0 Å². The smallest absolute Gasteiger partial charge is 0.230 e. The zero-order valence-electron chi connectivity index (χ0n) is 20.8. The van der Waals surface area contributed by atoms with E-state index >= 15 is 0 Å². The number of morpholine rings is 1. The van der Waals surface area contributed by atoms with Crippen molar-refractivity contribution in [3.63, 3.8) is 0 Å². The normalized spacial score (nSPS) is 24.9. The summed E-state index contributed by atoms with van der Waals surface area (Å²) in [6.45, 7) is 8.84. The number of fused-ring (bicyclic) bond motifs is 3. The van der Waals surface area contributed by atoms with E-state index in [1.807, 2.05) is 13.2 Å². The van der Waals surface area contributed by atoms with E-state index in [-0.39, 0.29) is 5.60 Å². The zero-order chi connectivity index (χ0) is 24.0. The molecule has 0 radical (unpaired) electrons. The molecule has 3 aliphatic rings. The average Bonchev–Trinajstić information content (AvgIpc) is 3.42. The van der Waals surface area contributed by atoms with E-state index in [9.17, 15) is 0 Å². The van der Waals surface area contributed by atoms with Crippen LogP contribution in [0, 0.1) is 0 Å². The maximum absolute atomic E-state index is 6.11. The lowest BCUT2D eigenvalue weighted by Gasteiger charge is -2.39. The molecule has 188 valence electrons. The molecule has 6 rings (SSSR count). The van der Waals surface area contributed by atoms with Gasteiger partial charge in [0.1, 0.15) is 10.6 Å². The number of hydrogen-bond donors (Lipinski definition) is 2. The van der Waals surface area contributed by atoms with Crippen LogP contribution in [0.3, 0.4) is 0 Å². The van der Waals surface area contributed by atoms with Crippen molar-refractivity contribution >= 4 is 39.0 Å². The molecule has 9 nitrogen and oxygen atoms in total. The van der Waals surface area contributed by atoms with Gasteiger partial charge in [-0.2, -0.15) is 10.1 Å². The quantitative estimate of drug-likeness (QED) is 0.545. The van der Waals surface area contributed by atoms with Crippen LogP contribution < -0.4 is 10.6 Å². The lowest BCUT2D eigenvalue weighted by molar-refractivity contribution is -0.0379. The van der Waals surface area contributed by atoms with Crippen LogP contribution in [-0.2, 0) is 29.5 Å². The molecule has 3 aromatic rings. The summed E-state index contributed by atoms with van der Waals surface area (Å²) in [5.74, 6) is 1.56. The summed E-state index contributed by atoms with van der Waals surface area (Å²) in [5.41, 5.74) is 2.05. The number of ether oxygens (including phenoxy) is 2. The van der Waals surface area contributed by atoms with Gasteiger partial charge in [-0.25, -0.2) is 4.98 Å². The van der Waals surface area contributed by atoms with Crippen molar-refractivity contribution in [2.75, 3.05) is 36.9 Å². The zero-order valence-corrected chi connectivity index (χ0v) is 21.7. The molecule has 2 fully saturated rings. The van der Waals surface area contributed by atoms with Crippen LogP contribution in [0.15, 0.2) is 12.4 Å². The number of rotatable bonds is 5. The summed E-state index contributed by atoms with van der Waals surface area (Å²) in [7, 11) is 1.91. The Morgan fingerprint density at radius 3 is 2.66 bits per heavy atom. The molecule has 2 aliphatic heterocycles. The number of aryl methyl sites for hydroxylation is 1. The van der Waals surface area contributed by atoms with E-state index in [4.69, 9.17) is 19.4 Å². The van der Waals surface area contributed by atoms with Gasteiger partial charge in [-0.05, 0) is 45.1 Å². The maximum atomic E-state index is 6.11. The monoisotopic (exact) mass is 497 g/mol. The first-order chi connectivity index (χ1) is 16.9. The minimum Gasteiger partial charge on any atom is -0.379 e. The van der Waals surface area contributed by atoms with E-state index in [1.54, 1.807) is 22.2 Å². The van der Waals surface area contributed by atoms with Gasteiger partial charge in [0.2, 0.25) is 5.95 Å². The Hall–Kier alpha value is -2.27. The summed E-state index contributed by atoms with van der Waals surface area (Å²) in [4.78, 5) is 14.8. The Bertz CT molecular complexity index is 1190. The molecular formula is C25H35N7O2S. The molecule has 10 heteroatoms. The topological polar surface area (TPSA) is 89.4 Å². The molecule has 0 unspecified atom stereocenters. The third kappa shape index (κ3) is 4.89. The van der Waals surface area contributed by atoms with Gasteiger partial charge in [-0.15, -0.1) is 11.3 Å². The second-order valence-electron chi connectivity index (χ2n) is 10.6. The van der Waals surface area contributed by atoms with Gasteiger partial charge in [0.15, 0.2) is 0 Å². The number of hydrogen-bond acceptors (Lipinski definition) is 9. The Kier molecular flexibility index (Phi) is 6.16. The van der Waals surface area contributed by atoms with E-state index in [2.05, 4.69) is 34.5 Å². The minimum absolute atomic E-state index is 0.179. The van der Waals surface area contributed by atoms with Crippen molar-refractivity contribution < 1.29 is 9.47 Å². The van der Waals surface area contributed by atoms with Crippen molar-refractivity contribution in [1.29, 1.82) is 0 Å². The molecule has 0 amide bonds. The Morgan fingerprint density at radius 2 is 1.91 bits per heavy atom. The molecule has 0 spiro atoms. The first kappa shape index (κ1) is 23.1. The number of aromatic nitrogens is 4. The predicted octanol–water partition coefficient (Wildman–Crippen LogP) is 4.08. The Morgan fingerprint density at radius 1 is 1.11 bits per heavy atom. The SMILES string of the molecule is Cn1cc(Nc2nc(NC3CCC(N4CCOCC4)CC3)c3c4c(sc3n2)COC(C)(C)C4)cn1. The standard InChI is InChI=1S/C25H35N7O2S/c1-25(2)12-19-20(15-34-25)35-23-21(19)22(29-24(30-23)28-17-13-26-31(3)14-17)27-16-4-6-18(7-5-16)32-8-10-33-11-9-32/h13-14,16,18H,4-12,15H2,1-3H3,(H2,27,28,29,30). The van der Waals surface area contributed by atoms with Gasteiger partial charge in [-0.3, -0.25) is 9.58 Å². The molecule has 5 heterocycles. The van der Waals surface area contributed by atoms with Crippen LogP contribution in [-0.4, -0.2) is 68.6 Å². The van der Waals surface area contributed by atoms with Gasteiger partial charge in [0.25, 0.3) is 0 Å². The molecular weight excluding hydrogens is 462 g/mol. The molecule has 3 aromatic heterocycles. The summed E-state index contributed by atoms with van der Waals surface area (Å²) >= 11 is 1.73. The second-order valence-corrected chi connectivity index (χ2v) is 11.7. The predicted molar refractivity (Wildman–Crippen MR) is 139 cm³/mol. The maximum Gasteiger partial charge on any atom is 0.230 e.